The lowest BCUT2D eigenvalue weighted by Gasteiger charge is -2.45. The van der Waals surface area contributed by atoms with Gasteiger partial charge in [-0.2, -0.15) is 0 Å². The predicted molar refractivity (Wildman–Crippen MR) is 78.8 cm³/mol. The fraction of sp³-hybridized carbons (Fsp3) is 0.933. The van der Waals surface area contributed by atoms with E-state index in [0.29, 0.717) is 23.8 Å². The number of nitrogens with zero attached hydrogens (tertiary/aromatic N) is 1. The molecule has 0 aromatic heterocycles. The van der Waals surface area contributed by atoms with Crippen molar-refractivity contribution in [1.29, 1.82) is 0 Å². The van der Waals surface area contributed by atoms with Gasteiger partial charge in [-0.15, -0.1) is 0 Å². The van der Waals surface area contributed by atoms with Crippen LogP contribution in [0.5, 0.6) is 0 Å². The summed E-state index contributed by atoms with van der Waals surface area (Å²) in [5, 5.41) is 3.53. The van der Waals surface area contributed by atoms with Gasteiger partial charge in [0.25, 0.3) is 0 Å². The number of Topliss-reactive ketones (excluding diaryl/α,β-unsaturated/α-hetero) is 1. The molecule has 3 heteroatoms. The van der Waals surface area contributed by atoms with E-state index < -0.39 is 0 Å². The second kappa shape index (κ2) is 6.67. The maximum atomic E-state index is 12.3. The molecule has 1 aliphatic rings. The molecule has 1 rings (SSSR count). The van der Waals surface area contributed by atoms with E-state index in [-0.39, 0.29) is 13.4 Å². The zero-order chi connectivity index (χ0) is 13.9. The average molecular weight is 256 g/mol. The predicted octanol–water partition coefficient (Wildman–Crippen LogP) is 2.55. The van der Waals surface area contributed by atoms with Crippen molar-refractivity contribution in [1.82, 2.24) is 10.2 Å². The van der Waals surface area contributed by atoms with Gasteiger partial charge < -0.3 is 5.32 Å². The Morgan fingerprint density at radius 1 is 1.22 bits per heavy atom. The van der Waals surface area contributed by atoms with E-state index in [1.54, 1.807) is 0 Å². The van der Waals surface area contributed by atoms with Gasteiger partial charge in [-0.25, -0.2) is 0 Å². The van der Waals surface area contributed by atoms with Crippen LogP contribution in [0.25, 0.3) is 0 Å². The largest absolute Gasteiger partial charge is 0.309 e. The van der Waals surface area contributed by atoms with Crippen LogP contribution in [0.4, 0.5) is 0 Å². The monoisotopic (exact) mass is 256 g/mol. The van der Waals surface area contributed by atoms with Gasteiger partial charge in [0.05, 0.1) is 6.04 Å². The first-order chi connectivity index (χ1) is 8.31. The quantitative estimate of drug-likeness (QED) is 0.760. The Kier molecular flexibility index (Phi) is 5.80. The third-order valence-corrected chi connectivity index (χ3v) is 3.51. The van der Waals surface area contributed by atoms with Crippen molar-refractivity contribution in [3.05, 3.63) is 0 Å². The summed E-state index contributed by atoms with van der Waals surface area (Å²) in [6, 6.07) is 1.23. The van der Waals surface area contributed by atoms with Gasteiger partial charge in [-0.3, -0.25) is 9.69 Å². The summed E-state index contributed by atoms with van der Waals surface area (Å²) in [6.07, 6.45) is 0.991. The fourth-order valence-corrected chi connectivity index (χ4v) is 2.62. The zero-order valence-corrected chi connectivity index (χ0v) is 12.9. The maximum Gasteiger partial charge on any atom is 0.152 e. The van der Waals surface area contributed by atoms with Crippen molar-refractivity contribution >= 4 is 5.78 Å². The van der Waals surface area contributed by atoms with Crippen LogP contribution in [0, 0.1) is 11.8 Å². The van der Waals surface area contributed by atoms with Gasteiger partial charge in [0.15, 0.2) is 5.78 Å². The van der Waals surface area contributed by atoms with E-state index in [0.717, 1.165) is 19.5 Å². The Balaban J connectivity index is 0.00000324. The Labute approximate surface area is 114 Å². The lowest BCUT2D eigenvalue weighted by Crippen LogP contribution is -2.64. The Bertz CT molecular complexity index is 273. The van der Waals surface area contributed by atoms with E-state index in [1.807, 2.05) is 13.8 Å². The van der Waals surface area contributed by atoms with Crippen LogP contribution >= 0.6 is 0 Å². The molecule has 1 aliphatic heterocycles. The Morgan fingerprint density at radius 3 is 2.17 bits per heavy atom. The number of ketones is 1. The Morgan fingerprint density at radius 2 is 1.78 bits per heavy atom. The smallest absolute Gasteiger partial charge is 0.152 e. The fourth-order valence-electron chi connectivity index (χ4n) is 2.62. The molecule has 0 amide bonds. The molecule has 18 heavy (non-hydrogen) atoms. The number of hydrogen-bond donors (Lipinski definition) is 1. The summed E-state index contributed by atoms with van der Waals surface area (Å²) in [5.41, 5.74) is 0. The zero-order valence-electron chi connectivity index (χ0n) is 12.9. The molecule has 0 radical (unpaired) electrons. The summed E-state index contributed by atoms with van der Waals surface area (Å²) >= 11 is 0. The van der Waals surface area contributed by atoms with Crippen LogP contribution in [0.15, 0.2) is 0 Å². The van der Waals surface area contributed by atoms with Gasteiger partial charge in [0.2, 0.25) is 0 Å². The molecule has 0 saturated carbocycles. The first kappa shape index (κ1) is 15.6. The Hall–Kier alpha value is -0.410. The van der Waals surface area contributed by atoms with Crippen molar-refractivity contribution in [2.75, 3.05) is 13.1 Å². The summed E-state index contributed by atoms with van der Waals surface area (Å²) in [4.78, 5) is 14.6. The van der Waals surface area contributed by atoms with Crippen LogP contribution in [-0.4, -0.2) is 41.9 Å². The molecule has 0 aromatic rings. The number of carbonyl (C=O) groups excluding carboxylic acids is 1. The molecular weight excluding hydrogens is 224 g/mol. The molecule has 1 fully saturated rings. The molecule has 0 spiro atoms. The number of carbonyl (C=O) groups is 1. The van der Waals surface area contributed by atoms with Crippen LogP contribution in [0.3, 0.4) is 0 Å². The van der Waals surface area contributed by atoms with E-state index in [2.05, 4.69) is 37.9 Å². The minimum atomic E-state index is 0. The third-order valence-electron chi connectivity index (χ3n) is 3.51. The minimum absolute atomic E-state index is 0. The van der Waals surface area contributed by atoms with Crippen LogP contribution < -0.4 is 5.32 Å². The van der Waals surface area contributed by atoms with Crippen LogP contribution in [0.1, 0.15) is 49.4 Å². The highest BCUT2D eigenvalue weighted by molar-refractivity contribution is 5.85. The molecular formula is C15H32N2O. The average Bonchev–Trinajstić information content (AvgIpc) is 2.18. The highest BCUT2D eigenvalue weighted by Gasteiger charge is 2.36. The normalized spacial score (nSPS) is 19.6. The van der Waals surface area contributed by atoms with Gasteiger partial charge in [-0.05, 0) is 12.3 Å². The number of hydrogen-bond acceptors (Lipinski definition) is 3. The van der Waals surface area contributed by atoms with E-state index in [1.165, 1.54) is 0 Å². The van der Waals surface area contributed by atoms with Crippen molar-refractivity contribution in [3.63, 3.8) is 0 Å². The molecule has 1 N–H and O–H groups in total. The standard InChI is InChI=1S/C15H30N2O.H2/c1-10(2)7-14(15(18)11(3)4)17-8-13(9-17)16-12(5)6;/h10-14,16H,7-9H2,1-6H3;1H/t14-;/m1./s1. The SMILES string of the molecule is CC(C)C[C@H](C(=O)C(C)C)N1CC(NC(C)C)C1.[HH]. The summed E-state index contributed by atoms with van der Waals surface area (Å²) < 4.78 is 0. The second-order valence-electron chi connectivity index (χ2n) is 6.67. The number of likely N-dealkylation sites (tertiary alicyclic amines) is 1. The minimum Gasteiger partial charge on any atom is -0.309 e. The number of nitrogens with one attached hydrogen (secondary N) is 1. The molecule has 3 nitrogen and oxygen atoms in total. The van der Waals surface area contributed by atoms with Gasteiger partial charge in [0, 0.05) is 32.5 Å². The molecule has 1 atom stereocenters. The van der Waals surface area contributed by atoms with Crippen molar-refractivity contribution < 1.29 is 6.22 Å². The molecule has 1 saturated heterocycles. The first-order valence-electron chi connectivity index (χ1n) is 7.35. The van der Waals surface area contributed by atoms with Crippen LogP contribution in [-0.2, 0) is 4.79 Å². The van der Waals surface area contributed by atoms with Gasteiger partial charge in [0.1, 0.15) is 0 Å². The topological polar surface area (TPSA) is 32.3 Å². The molecule has 1 heterocycles. The summed E-state index contributed by atoms with van der Waals surface area (Å²) in [5.74, 6) is 1.13. The number of rotatable bonds is 7. The van der Waals surface area contributed by atoms with Crippen molar-refractivity contribution in [2.24, 2.45) is 11.8 Å². The van der Waals surface area contributed by atoms with Crippen molar-refractivity contribution in [2.45, 2.75) is 66.1 Å². The first-order valence-corrected chi connectivity index (χ1v) is 7.35. The molecule has 108 valence electrons. The van der Waals surface area contributed by atoms with Crippen molar-refractivity contribution in [3.8, 4) is 0 Å². The maximum absolute atomic E-state index is 12.3. The second-order valence-corrected chi connectivity index (χ2v) is 6.67. The van der Waals surface area contributed by atoms with Gasteiger partial charge in [-0.1, -0.05) is 41.5 Å². The highest BCUT2D eigenvalue weighted by atomic mass is 16.1. The lowest BCUT2D eigenvalue weighted by molar-refractivity contribution is -0.130. The molecule has 0 bridgehead atoms. The summed E-state index contributed by atoms with van der Waals surface area (Å²) in [7, 11) is 0. The molecule has 0 aromatic carbocycles. The van der Waals surface area contributed by atoms with Crippen LogP contribution in [0.2, 0.25) is 0 Å². The highest BCUT2D eigenvalue weighted by Crippen LogP contribution is 2.21. The third kappa shape index (κ3) is 4.36. The van der Waals surface area contributed by atoms with Gasteiger partial charge >= 0.3 is 0 Å². The van der Waals surface area contributed by atoms with E-state index >= 15 is 0 Å². The van der Waals surface area contributed by atoms with E-state index in [9.17, 15) is 4.79 Å². The summed E-state index contributed by atoms with van der Waals surface area (Å²) in [6.45, 7) is 14.8. The lowest BCUT2D eigenvalue weighted by atomic mass is 9.90. The molecule has 0 aliphatic carbocycles. The van der Waals surface area contributed by atoms with E-state index in [4.69, 9.17) is 0 Å². The molecule has 0 unspecified atom stereocenters.